The molecule has 0 aliphatic heterocycles. The van der Waals surface area contributed by atoms with Crippen LogP contribution in [-0.4, -0.2) is 10.5 Å². The Morgan fingerprint density at radius 1 is 1.08 bits per heavy atom. The Bertz CT molecular complexity index is 1180. The number of nitrogens with two attached hydrogens (primary N) is 1. The maximum Gasteiger partial charge on any atom is 0.249 e. The van der Waals surface area contributed by atoms with Crippen molar-refractivity contribution in [1.82, 2.24) is 4.57 Å². The molecule has 3 nitrogen and oxygen atoms in total. The molecule has 0 saturated heterocycles. The average Bonchev–Trinajstić information content (AvgIpc) is 2.93. The summed E-state index contributed by atoms with van der Waals surface area (Å²) in [4.78, 5) is 11.9. The maximum atomic E-state index is 14.7. The highest BCUT2D eigenvalue weighted by Crippen LogP contribution is 2.34. The first kappa shape index (κ1) is 16.7. The van der Waals surface area contributed by atoms with Crippen LogP contribution in [0.1, 0.15) is 15.9 Å². The molecule has 0 fully saturated rings. The molecular weight excluding hydrogens is 402 g/mol. The number of rotatable bonds is 3. The van der Waals surface area contributed by atoms with Gasteiger partial charge < -0.3 is 10.3 Å². The number of amides is 1. The summed E-state index contributed by atoms with van der Waals surface area (Å²) >= 11 is 3.41. The van der Waals surface area contributed by atoms with Crippen molar-refractivity contribution in [3.63, 3.8) is 0 Å². The summed E-state index contributed by atoms with van der Waals surface area (Å²) in [6.45, 7) is 0.238. The van der Waals surface area contributed by atoms with Crippen LogP contribution in [0.4, 0.5) is 8.78 Å². The zero-order valence-electron chi connectivity index (χ0n) is 13.5. The van der Waals surface area contributed by atoms with Crippen LogP contribution >= 0.6 is 15.9 Å². The van der Waals surface area contributed by atoms with Crippen molar-refractivity contribution >= 4 is 43.6 Å². The van der Waals surface area contributed by atoms with Gasteiger partial charge in [-0.15, -0.1) is 0 Å². The van der Waals surface area contributed by atoms with E-state index in [1.165, 1.54) is 18.2 Å². The Hall–Kier alpha value is -2.73. The Labute approximate surface area is 156 Å². The van der Waals surface area contributed by atoms with E-state index in [1.807, 2.05) is 0 Å². The lowest BCUT2D eigenvalue weighted by molar-refractivity contribution is 0.100. The van der Waals surface area contributed by atoms with E-state index in [9.17, 15) is 13.6 Å². The Balaban J connectivity index is 2.09. The lowest BCUT2D eigenvalue weighted by Crippen LogP contribution is -2.11. The first-order valence-corrected chi connectivity index (χ1v) is 8.70. The minimum Gasteiger partial charge on any atom is -0.366 e. The fourth-order valence-corrected chi connectivity index (χ4v) is 3.74. The van der Waals surface area contributed by atoms with Crippen LogP contribution < -0.4 is 5.73 Å². The van der Waals surface area contributed by atoms with Crippen LogP contribution in [0.15, 0.2) is 59.1 Å². The normalized spacial score (nSPS) is 11.3. The van der Waals surface area contributed by atoms with Gasteiger partial charge in [0.25, 0.3) is 0 Å². The van der Waals surface area contributed by atoms with Gasteiger partial charge in [0.2, 0.25) is 5.91 Å². The number of carbonyl (C=O) groups excluding carboxylic acids is 1. The highest BCUT2D eigenvalue weighted by atomic mass is 79.9. The summed E-state index contributed by atoms with van der Waals surface area (Å²) in [6.07, 6.45) is 0. The molecule has 1 amide bonds. The third kappa shape index (κ3) is 2.57. The van der Waals surface area contributed by atoms with Gasteiger partial charge in [-0.3, -0.25) is 4.79 Å². The average molecular weight is 415 g/mol. The van der Waals surface area contributed by atoms with Crippen LogP contribution in [0.5, 0.6) is 0 Å². The van der Waals surface area contributed by atoms with Gasteiger partial charge in [-0.25, -0.2) is 8.78 Å². The maximum absolute atomic E-state index is 14.7. The molecule has 1 aromatic heterocycles. The van der Waals surface area contributed by atoms with Crippen molar-refractivity contribution in [2.75, 3.05) is 0 Å². The van der Waals surface area contributed by atoms with Gasteiger partial charge >= 0.3 is 0 Å². The standard InChI is InChI=1S/C20H13BrF2N2O/c21-15-8-7-12(22)9-11(15)10-25-17-6-2-4-14(20(24)26)18(17)13-3-1-5-16(23)19(13)25/h1-9H,10H2,(H2,24,26). The van der Waals surface area contributed by atoms with E-state index in [-0.39, 0.29) is 12.4 Å². The van der Waals surface area contributed by atoms with E-state index < -0.39 is 11.7 Å². The minimum atomic E-state index is -0.578. The molecule has 0 radical (unpaired) electrons. The predicted molar refractivity (Wildman–Crippen MR) is 101 cm³/mol. The highest BCUT2D eigenvalue weighted by Gasteiger charge is 2.19. The molecule has 0 saturated carbocycles. The van der Waals surface area contributed by atoms with E-state index in [0.717, 1.165) is 4.47 Å². The zero-order valence-corrected chi connectivity index (χ0v) is 15.1. The number of carbonyl (C=O) groups is 1. The van der Waals surface area contributed by atoms with Crippen molar-refractivity contribution in [1.29, 1.82) is 0 Å². The monoisotopic (exact) mass is 414 g/mol. The number of nitrogens with zero attached hydrogens (tertiary/aromatic N) is 1. The molecule has 0 unspecified atom stereocenters. The zero-order chi connectivity index (χ0) is 18.4. The van der Waals surface area contributed by atoms with Crippen LogP contribution in [0, 0.1) is 11.6 Å². The summed E-state index contributed by atoms with van der Waals surface area (Å²) < 4.78 is 30.8. The molecule has 4 rings (SSSR count). The molecule has 0 atom stereocenters. The van der Waals surface area contributed by atoms with Crippen molar-refractivity contribution in [2.24, 2.45) is 5.73 Å². The van der Waals surface area contributed by atoms with E-state index in [4.69, 9.17) is 5.73 Å². The van der Waals surface area contributed by atoms with Crippen LogP contribution in [0.3, 0.4) is 0 Å². The SMILES string of the molecule is NC(=O)c1cccc2c1c1cccc(F)c1n2Cc1cc(F)ccc1Br. The lowest BCUT2D eigenvalue weighted by Gasteiger charge is -2.10. The fourth-order valence-electron chi connectivity index (χ4n) is 3.36. The number of halogens is 3. The molecule has 6 heteroatoms. The fraction of sp³-hybridized carbons (Fsp3) is 0.0500. The smallest absolute Gasteiger partial charge is 0.249 e. The summed E-state index contributed by atoms with van der Waals surface area (Å²) in [7, 11) is 0. The number of para-hydroxylation sites is 1. The van der Waals surface area contributed by atoms with Gasteiger partial charge in [-0.1, -0.05) is 34.1 Å². The number of aromatic nitrogens is 1. The molecule has 0 aliphatic rings. The van der Waals surface area contributed by atoms with Gasteiger partial charge in [0.15, 0.2) is 0 Å². The van der Waals surface area contributed by atoms with Gasteiger partial charge in [-0.05, 0) is 42.0 Å². The summed E-state index contributed by atoms with van der Waals surface area (Å²) in [5.41, 5.74) is 7.53. The summed E-state index contributed by atoms with van der Waals surface area (Å²) in [5, 5.41) is 1.20. The molecule has 2 N–H and O–H groups in total. The number of benzene rings is 3. The topological polar surface area (TPSA) is 48.0 Å². The number of primary amides is 1. The number of hydrogen-bond acceptors (Lipinski definition) is 1. The molecular formula is C20H13BrF2N2O. The van der Waals surface area contributed by atoms with E-state index in [0.29, 0.717) is 32.9 Å². The molecule has 0 bridgehead atoms. The summed E-state index contributed by atoms with van der Waals surface area (Å²) in [5.74, 6) is -1.37. The molecule has 1 heterocycles. The Morgan fingerprint density at radius 3 is 2.62 bits per heavy atom. The largest absolute Gasteiger partial charge is 0.366 e. The van der Waals surface area contributed by atoms with Gasteiger partial charge in [0.1, 0.15) is 11.6 Å². The second-order valence-electron chi connectivity index (χ2n) is 6.02. The van der Waals surface area contributed by atoms with E-state index >= 15 is 0 Å². The van der Waals surface area contributed by atoms with Crippen LogP contribution in [-0.2, 0) is 6.54 Å². The quantitative estimate of drug-likeness (QED) is 0.504. The highest BCUT2D eigenvalue weighted by molar-refractivity contribution is 9.10. The third-order valence-corrected chi connectivity index (χ3v) is 5.23. The van der Waals surface area contributed by atoms with Crippen molar-refractivity contribution in [2.45, 2.75) is 6.54 Å². The molecule has 4 aromatic rings. The molecule has 0 spiro atoms. The van der Waals surface area contributed by atoms with E-state index in [2.05, 4.69) is 15.9 Å². The van der Waals surface area contributed by atoms with Crippen LogP contribution in [0.2, 0.25) is 0 Å². The minimum absolute atomic E-state index is 0.238. The third-order valence-electron chi connectivity index (χ3n) is 4.46. The van der Waals surface area contributed by atoms with Crippen molar-refractivity contribution in [3.8, 4) is 0 Å². The Kier molecular flexibility index (Phi) is 4.00. The molecule has 26 heavy (non-hydrogen) atoms. The molecule has 0 aliphatic carbocycles. The van der Waals surface area contributed by atoms with Gasteiger partial charge in [0, 0.05) is 27.4 Å². The summed E-state index contributed by atoms with van der Waals surface area (Å²) in [6, 6.07) is 14.2. The molecule has 3 aromatic carbocycles. The number of fused-ring (bicyclic) bond motifs is 3. The van der Waals surface area contributed by atoms with Crippen molar-refractivity contribution in [3.05, 3.63) is 81.8 Å². The first-order chi connectivity index (χ1) is 12.5. The van der Waals surface area contributed by atoms with Gasteiger partial charge in [0.05, 0.1) is 11.0 Å². The first-order valence-electron chi connectivity index (χ1n) is 7.90. The van der Waals surface area contributed by atoms with Crippen molar-refractivity contribution < 1.29 is 13.6 Å². The van der Waals surface area contributed by atoms with Crippen LogP contribution in [0.25, 0.3) is 21.8 Å². The second kappa shape index (κ2) is 6.21. The number of hydrogen-bond donors (Lipinski definition) is 1. The molecule has 130 valence electrons. The predicted octanol–water partition coefficient (Wildman–Crippen LogP) is 4.98. The van der Waals surface area contributed by atoms with E-state index in [1.54, 1.807) is 41.0 Å². The second-order valence-corrected chi connectivity index (χ2v) is 6.88. The lowest BCUT2D eigenvalue weighted by atomic mass is 10.1. The Morgan fingerprint density at radius 2 is 1.85 bits per heavy atom. The van der Waals surface area contributed by atoms with Gasteiger partial charge in [-0.2, -0.15) is 0 Å².